The summed E-state index contributed by atoms with van der Waals surface area (Å²) in [5.74, 6) is -7.44. The molecule has 0 spiro atoms. The Morgan fingerprint density at radius 1 is 1.31 bits per heavy atom. The summed E-state index contributed by atoms with van der Waals surface area (Å²) in [6.07, 6.45) is 0. The average molecular weight is 232 g/mol. The number of hydrogen-bond acceptors (Lipinski definition) is 3. The Kier molecular flexibility index (Phi) is 2.87. The lowest BCUT2D eigenvalue weighted by atomic mass is 9.88. The van der Waals surface area contributed by atoms with Crippen LogP contribution in [-0.2, 0) is 10.4 Å². The first-order chi connectivity index (χ1) is 7.21. The number of para-hydroxylation sites is 1. The highest BCUT2D eigenvalue weighted by Gasteiger charge is 2.57. The monoisotopic (exact) mass is 232 g/mol. The van der Waals surface area contributed by atoms with Crippen molar-refractivity contribution in [3.05, 3.63) is 29.8 Å². The minimum absolute atomic E-state index is 0.539. The normalized spacial score (nSPS) is 15.5. The molecule has 16 heavy (non-hydrogen) atoms. The molecule has 1 atom stereocenters. The summed E-state index contributed by atoms with van der Waals surface area (Å²) in [6, 6.07) is 4.79. The number of hydrogen-bond donors (Lipinski definition) is 3. The number of phenolic OH excluding ortho intramolecular Hbond substituents is 1. The Hall–Kier alpha value is -1.69. The number of aliphatic hydroxyl groups is 1. The molecule has 1 rings (SSSR count). The number of aromatic hydroxyl groups is 1. The first-order valence-electron chi connectivity index (χ1n) is 4.33. The maximum Gasteiger partial charge on any atom is 0.378 e. The molecule has 0 radical (unpaired) electrons. The maximum atomic E-state index is 13.2. The van der Waals surface area contributed by atoms with E-state index in [9.17, 15) is 23.8 Å². The molecule has 0 aliphatic carbocycles. The smallest absolute Gasteiger partial charge is 0.378 e. The lowest BCUT2D eigenvalue weighted by Gasteiger charge is -2.30. The fourth-order valence-electron chi connectivity index (χ4n) is 1.26. The number of carboxylic acids is 1. The predicted octanol–water partition coefficient (Wildman–Crippen LogP) is 1.32. The van der Waals surface area contributed by atoms with Gasteiger partial charge in [-0.2, -0.15) is 8.78 Å². The molecule has 88 valence electrons. The second kappa shape index (κ2) is 3.71. The summed E-state index contributed by atoms with van der Waals surface area (Å²) in [5, 5.41) is 27.2. The van der Waals surface area contributed by atoms with Gasteiger partial charge < -0.3 is 15.3 Å². The zero-order chi connectivity index (χ0) is 12.6. The second-order valence-corrected chi connectivity index (χ2v) is 3.47. The van der Waals surface area contributed by atoms with E-state index in [0.717, 1.165) is 12.1 Å². The summed E-state index contributed by atoms with van der Waals surface area (Å²) in [5.41, 5.74) is -3.52. The van der Waals surface area contributed by atoms with Gasteiger partial charge in [0.25, 0.3) is 0 Å². The van der Waals surface area contributed by atoms with E-state index in [1.165, 1.54) is 12.1 Å². The molecule has 0 amide bonds. The van der Waals surface area contributed by atoms with Gasteiger partial charge in [0.2, 0.25) is 0 Å². The lowest BCUT2D eigenvalue weighted by molar-refractivity contribution is -0.207. The quantitative estimate of drug-likeness (QED) is 0.734. The summed E-state index contributed by atoms with van der Waals surface area (Å²) in [7, 11) is 0. The van der Waals surface area contributed by atoms with Crippen molar-refractivity contribution in [1.29, 1.82) is 0 Å². The zero-order valence-electron chi connectivity index (χ0n) is 8.32. The maximum absolute atomic E-state index is 13.2. The van der Waals surface area contributed by atoms with Gasteiger partial charge in [-0.15, -0.1) is 0 Å². The minimum Gasteiger partial charge on any atom is -0.508 e. The lowest BCUT2D eigenvalue weighted by Crippen LogP contribution is -2.48. The third kappa shape index (κ3) is 1.71. The number of halogens is 2. The third-order valence-corrected chi connectivity index (χ3v) is 2.31. The minimum atomic E-state index is -4.40. The number of carboxylic acid groups (broad SMARTS) is 1. The van der Waals surface area contributed by atoms with Crippen molar-refractivity contribution < 1.29 is 28.9 Å². The van der Waals surface area contributed by atoms with Gasteiger partial charge in [0, 0.05) is 5.56 Å². The summed E-state index contributed by atoms with van der Waals surface area (Å²) in [6.45, 7) is 0.635. The van der Waals surface area contributed by atoms with Gasteiger partial charge in [-0.1, -0.05) is 18.2 Å². The van der Waals surface area contributed by atoms with E-state index in [-0.39, 0.29) is 0 Å². The first kappa shape index (κ1) is 12.4. The molecule has 0 aliphatic rings. The molecule has 3 N–H and O–H groups in total. The van der Waals surface area contributed by atoms with Crippen molar-refractivity contribution in [3.8, 4) is 5.75 Å². The van der Waals surface area contributed by atoms with Crippen LogP contribution in [0.4, 0.5) is 8.78 Å². The van der Waals surface area contributed by atoms with Crippen LogP contribution in [-0.4, -0.2) is 27.2 Å². The van der Waals surface area contributed by atoms with Crippen LogP contribution >= 0.6 is 0 Å². The van der Waals surface area contributed by atoms with Crippen molar-refractivity contribution in [2.45, 2.75) is 18.4 Å². The second-order valence-electron chi connectivity index (χ2n) is 3.47. The highest BCUT2D eigenvalue weighted by Crippen LogP contribution is 2.40. The number of alkyl halides is 2. The number of rotatable bonds is 3. The molecular formula is C10H10F2O4. The summed E-state index contributed by atoms with van der Waals surface area (Å²) in [4.78, 5) is 10.4. The van der Waals surface area contributed by atoms with E-state index in [1.807, 2.05) is 0 Å². The number of carbonyl (C=O) groups is 1. The van der Waals surface area contributed by atoms with E-state index in [2.05, 4.69) is 0 Å². The van der Waals surface area contributed by atoms with Crippen molar-refractivity contribution in [3.63, 3.8) is 0 Å². The Balaban J connectivity index is 3.32. The van der Waals surface area contributed by atoms with Gasteiger partial charge in [-0.25, -0.2) is 4.79 Å². The molecule has 0 bridgehead atoms. The number of aliphatic carboxylic acids is 1. The van der Waals surface area contributed by atoms with Crippen molar-refractivity contribution >= 4 is 5.97 Å². The van der Waals surface area contributed by atoms with E-state index >= 15 is 0 Å². The molecule has 0 aliphatic heterocycles. The molecule has 0 aromatic heterocycles. The summed E-state index contributed by atoms with van der Waals surface area (Å²) < 4.78 is 26.5. The van der Waals surface area contributed by atoms with E-state index < -0.39 is 28.8 Å². The van der Waals surface area contributed by atoms with Crippen molar-refractivity contribution in [2.24, 2.45) is 0 Å². The van der Waals surface area contributed by atoms with Gasteiger partial charge in [-0.05, 0) is 13.0 Å². The molecule has 0 heterocycles. The van der Waals surface area contributed by atoms with Gasteiger partial charge in [0.05, 0.1) is 0 Å². The molecule has 0 fully saturated rings. The van der Waals surface area contributed by atoms with E-state index in [4.69, 9.17) is 5.11 Å². The SMILES string of the molecule is CC(O)(c1ccccc1O)C(F)(F)C(=O)O. The van der Waals surface area contributed by atoms with Crippen LogP contribution in [0.25, 0.3) is 0 Å². The number of phenols is 1. The largest absolute Gasteiger partial charge is 0.508 e. The van der Waals surface area contributed by atoms with Crippen LogP contribution in [0.15, 0.2) is 24.3 Å². The molecule has 1 aromatic carbocycles. The van der Waals surface area contributed by atoms with Crippen LogP contribution in [0.1, 0.15) is 12.5 Å². The molecular weight excluding hydrogens is 222 g/mol. The van der Waals surface area contributed by atoms with Gasteiger partial charge >= 0.3 is 11.9 Å². The molecule has 1 unspecified atom stereocenters. The van der Waals surface area contributed by atoms with Crippen LogP contribution in [0.3, 0.4) is 0 Å². The third-order valence-electron chi connectivity index (χ3n) is 2.31. The van der Waals surface area contributed by atoms with Crippen LogP contribution in [0, 0.1) is 0 Å². The fourth-order valence-corrected chi connectivity index (χ4v) is 1.26. The Bertz CT molecular complexity index is 415. The van der Waals surface area contributed by atoms with Gasteiger partial charge in [-0.3, -0.25) is 0 Å². The molecule has 1 aromatic rings. The molecule has 4 nitrogen and oxygen atoms in total. The molecule has 0 saturated carbocycles. The van der Waals surface area contributed by atoms with Crippen LogP contribution in [0.2, 0.25) is 0 Å². The summed E-state index contributed by atoms with van der Waals surface area (Å²) >= 11 is 0. The highest BCUT2D eigenvalue weighted by atomic mass is 19.3. The fraction of sp³-hybridized carbons (Fsp3) is 0.300. The molecule has 6 heteroatoms. The van der Waals surface area contributed by atoms with Gasteiger partial charge in [0.15, 0.2) is 5.60 Å². The van der Waals surface area contributed by atoms with Crippen molar-refractivity contribution in [1.82, 2.24) is 0 Å². The Morgan fingerprint density at radius 2 is 1.81 bits per heavy atom. The number of benzene rings is 1. The van der Waals surface area contributed by atoms with Gasteiger partial charge in [0.1, 0.15) is 5.75 Å². The standard InChI is InChI=1S/C10H10F2O4/c1-9(16,10(11,12)8(14)15)6-4-2-3-5-7(6)13/h2-5,13,16H,1H3,(H,14,15). The topological polar surface area (TPSA) is 77.8 Å². The van der Waals surface area contributed by atoms with Crippen LogP contribution in [0.5, 0.6) is 5.75 Å². The zero-order valence-corrected chi connectivity index (χ0v) is 8.32. The Labute approximate surface area is 89.8 Å². The average Bonchev–Trinajstić information content (AvgIpc) is 2.17. The van der Waals surface area contributed by atoms with E-state index in [1.54, 1.807) is 0 Å². The molecule has 0 saturated heterocycles. The van der Waals surface area contributed by atoms with E-state index in [0.29, 0.717) is 6.92 Å². The van der Waals surface area contributed by atoms with Crippen molar-refractivity contribution in [2.75, 3.05) is 0 Å². The first-order valence-corrected chi connectivity index (χ1v) is 4.33. The van der Waals surface area contributed by atoms with Crippen LogP contribution < -0.4 is 0 Å². The Morgan fingerprint density at radius 3 is 2.25 bits per heavy atom. The predicted molar refractivity (Wildman–Crippen MR) is 50.3 cm³/mol. The highest BCUT2D eigenvalue weighted by molar-refractivity contribution is 5.77.